The van der Waals surface area contributed by atoms with Gasteiger partial charge < -0.3 is 19.1 Å². The highest BCUT2D eigenvalue weighted by Crippen LogP contribution is 2.31. The summed E-state index contributed by atoms with van der Waals surface area (Å²) in [6, 6.07) is 7.27. The fourth-order valence-corrected chi connectivity index (χ4v) is 2.86. The van der Waals surface area contributed by atoms with Crippen LogP contribution in [0.4, 0.5) is 0 Å². The molecule has 1 aromatic carbocycles. The van der Waals surface area contributed by atoms with E-state index in [1.807, 2.05) is 36.1 Å². The summed E-state index contributed by atoms with van der Waals surface area (Å²) in [6.45, 7) is 4.53. The van der Waals surface area contributed by atoms with Crippen molar-refractivity contribution in [1.29, 1.82) is 0 Å². The normalized spacial score (nSPS) is 14.3. The number of ether oxygens (including phenoxy) is 3. The van der Waals surface area contributed by atoms with Gasteiger partial charge in [-0.25, -0.2) is 0 Å². The van der Waals surface area contributed by atoms with Gasteiger partial charge in [-0.3, -0.25) is 14.5 Å². The number of nitrogens with zero attached hydrogens (tertiary/aromatic N) is 2. The van der Waals surface area contributed by atoms with Crippen LogP contribution in [0.3, 0.4) is 0 Å². The maximum absolute atomic E-state index is 12.8. The lowest BCUT2D eigenvalue weighted by molar-refractivity contribution is -0.136. The molecule has 0 atom stereocenters. The lowest BCUT2D eigenvalue weighted by atomic mass is 10.0. The van der Waals surface area contributed by atoms with Crippen molar-refractivity contribution < 1.29 is 23.8 Å². The summed E-state index contributed by atoms with van der Waals surface area (Å²) in [4.78, 5) is 28.5. The number of hydrogen-bond donors (Lipinski definition) is 0. The molecule has 2 amide bonds. The molecule has 0 saturated carbocycles. The molecule has 0 bridgehead atoms. The third-order valence-electron chi connectivity index (χ3n) is 4.33. The second kappa shape index (κ2) is 10.1. The molecule has 0 aliphatic carbocycles. The van der Waals surface area contributed by atoms with Crippen LogP contribution in [0.2, 0.25) is 0 Å². The molecule has 1 heterocycles. The van der Waals surface area contributed by atoms with Crippen molar-refractivity contribution in [3.05, 3.63) is 35.5 Å². The van der Waals surface area contributed by atoms with Crippen molar-refractivity contribution in [2.24, 2.45) is 0 Å². The standard InChI is InChI=1S/C20H28N2O5/c1-5-12-27-16-8-6-15(7-9-16)17-18(20(24)21(2)19(17)23)22(10-13-25-3)11-14-26-4/h6-9H,5,10-14H2,1-4H3. The van der Waals surface area contributed by atoms with Crippen LogP contribution in [-0.4, -0.2) is 75.8 Å². The van der Waals surface area contributed by atoms with Crippen molar-refractivity contribution in [3.63, 3.8) is 0 Å². The summed E-state index contributed by atoms with van der Waals surface area (Å²) < 4.78 is 15.9. The maximum atomic E-state index is 12.8. The lowest BCUT2D eigenvalue weighted by Crippen LogP contribution is -2.36. The van der Waals surface area contributed by atoms with Crippen molar-refractivity contribution in [1.82, 2.24) is 9.80 Å². The molecule has 0 aromatic heterocycles. The molecule has 2 rings (SSSR count). The zero-order chi connectivity index (χ0) is 19.8. The maximum Gasteiger partial charge on any atom is 0.277 e. The van der Waals surface area contributed by atoms with Gasteiger partial charge in [-0.1, -0.05) is 19.1 Å². The van der Waals surface area contributed by atoms with Gasteiger partial charge in [0.05, 0.1) is 25.4 Å². The minimum atomic E-state index is -0.312. The van der Waals surface area contributed by atoms with E-state index in [9.17, 15) is 9.59 Å². The van der Waals surface area contributed by atoms with E-state index in [0.29, 0.717) is 49.7 Å². The number of carbonyl (C=O) groups is 2. The lowest BCUT2D eigenvalue weighted by Gasteiger charge is -2.25. The number of methoxy groups -OCH3 is 2. The van der Waals surface area contributed by atoms with E-state index < -0.39 is 0 Å². The van der Waals surface area contributed by atoms with E-state index in [-0.39, 0.29) is 11.8 Å². The molecule has 0 unspecified atom stereocenters. The van der Waals surface area contributed by atoms with Gasteiger partial charge in [0.1, 0.15) is 11.4 Å². The molecule has 0 fully saturated rings. The van der Waals surface area contributed by atoms with Crippen molar-refractivity contribution in [3.8, 4) is 5.75 Å². The summed E-state index contributed by atoms with van der Waals surface area (Å²) in [6.07, 6.45) is 0.919. The van der Waals surface area contributed by atoms with Crippen LogP contribution in [0.15, 0.2) is 30.0 Å². The molecule has 7 heteroatoms. The summed E-state index contributed by atoms with van der Waals surface area (Å²) >= 11 is 0. The first-order chi connectivity index (χ1) is 13.0. The molecule has 0 spiro atoms. The van der Waals surface area contributed by atoms with E-state index in [4.69, 9.17) is 14.2 Å². The Labute approximate surface area is 160 Å². The van der Waals surface area contributed by atoms with Gasteiger partial charge in [0.2, 0.25) is 0 Å². The molecule has 0 N–H and O–H groups in total. The van der Waals surface area contributed by atoms with Crippen LogP contribution in [0.25, 0.3) is 5.57 Å². The fraction of sp³-hybridized carbons (Fsp3) is 0.500. The van der Waals surface area contributed by atoms with E-state index in [2.05, 4.69) is 0 Å². The van der Waals surface area contributed by atoms with E-state index in [1.54, 1.807) is 14.2 Å². The largest absolute Gasteiger partial charge is 0.494 e. The zero-order valence-corrected chi connectivity index (χ0v) is 16.5. The SMILES string of the molecule is CCCOc1ccc(C2=C(N(CCOC)CCOC)C(=O)N(C)C2=O)cc1. The summed E-state index contributed by atoms with van der Waals surface area (Å²) in [5, 5.41) is 0. The monoisotopic (exact) mass is 376 g/mol. The van der Waals surface area contributed by atoms with Crippen LogP contribution in [0.1, 0.15) is 18.9 Å². The van der Waals surface area contributed by atoms with Crippen LogP contribution in [0, 0.1) is 0 Å². The van der Waals surface area contributed by atoms with Crippen LogP contribution in [0.5, 0.6) is 5.75 Å². The Bertz CT molecular complexity index is 676. The van der Waals surface area contributed by atoms with Crippen LogP contribution >= 0.6 is 0 Å². The second-order valence-electron chi connectivity index (χ2n) is 6.24. The predicted molar refractivity (Wildman–Crippen MR) is 102 cm³/mol. The average molecular weight is 376 g/mol. The molecule has 1 aliphatic rings. The van der Waals surface area contributed by atoms with Gasteiger partial charge in [-0.15, -0.1) is 0 Å². The highest BCUT2D eigenvalue weighted by molar-refractivity contribution is 6.35. The Morgan fingerprint density at radius 3 is 2.04 bits per heavy atom. The first kappa shape index (κ1) is 20.9. The van der Waals surface area contributed by atoms with Crippen molar-refractivity contribution in [2.75, 3.05) is 54.2 Å². The summed E-state index contributed by atoms with van der Waals surface area (Å²) in [5.41, 5.74) is 1.48. The number of likely N-dealkylation sites (N-methyl/N-ethyl adjacent to an activating group) is 1. The highest BCUT2D eigenvalue weighted by Gasteiger charge is 2.39. The number of imide groups is 1. The summed E-state index contributed by atoms with van der Waals surface area (Å²) in [5.74, 6) is 0.120. The number of amides is 2. The van der Waals surface area contributed by atoms with E-state index in [0.717, 1.165) is 17.1 Å². The Balaban J connectivity index is 2.41. The first-order valence-corrected chi connectivity index (χ1v) is 9.07. The minimum absolute atomic E-state index is 0.308. The summed E-state index contributed by atoms with van der Waals surface area (Å²) in [7, 11) is 4.71. The first-order valence-electron chi connectivity index (χ1n) is 9.07. The molecule has 0 radical (unpaired) electrons. The molecule has 148 valence electrons. The third-order valence-corrected chi connectivity index (χ3v) is 4.33. The number of rotatable bonds is 11. The molecular weight excluding hydrogens is 348 g/mol. The van der Waals surface area contributed by atoms with Gasteiger partial charge in [-0.2, -0.15) is 0 Å². The van der Waals surface area contributed by atoms with E-state index in [1.165, 1.54) is 7.05 Å². The predicted octanol–water partition coefficient (Wildman–Crippen LogP) is 1.78. The number of hydrogen-bond acceptors (Lipinski definition) is 6. The van der Waals surface area contributed by atoms with Gasteiger partial charge >= 0.3 is 0 Å². The Kier molecular flexibility index (Phi) is 7.82. The van der Waals surface area contributed by atoms with Crippen LogP contribution < -0.4 is 4.74 Å². The highest BCUT2D eigenvalue weighted by atomic mass is 16.5. The Hall–Kier alpha value is -2.38. The zero-order valence-electron chi connectivity index (χ0n) is 16.5. The third kappa shape index (κ3) is 4.87. The van der Waals surface area contributed by atoms with Crippen molar-refractivity contribution in [2.45, 2.75) is 13.3 Å². The fourth-order valence-electron chi connectivity index (χ4n) is 2.86. The van der Waals surface area contributed by atoms with Gasteiger partial charge in [0, 0.05) is 34.4 Å². The average Bonchev–Trinajstić information content (AvgIpc) is 2.91. The number of carbonyl (C=O) groups excluding carboxylic acids is 2. The second-order valence-corrected chi connectivity index (χ2v) is 6.24. The molecular formula is C20H28N2O5. The smallest absolute Gasteiger partial charge is 0.277 e. The van der Waals surface area contributed by atoms with Gasteiger partial charge in [0.15, 0.2) is 0 Å². The van der Waals surface area contributed by atoms with Gasteiger partial charge in [0.25, 0.3) is 11.8 Å². The molecule has 27 heavy (non-hydrogen) atoms. The Morgan fingerprint density at radius 1 is 0.926 bits per heavy atom. The van der Waals surface area contributed by atoms with Gasteiger partial charge in [-0.05, 0) is 24.1 Å². The topological polar surface area (TPSA) is 68.3 Å². The molecule has 7 nitrogen and oxygen atoms in total. The number of benzene rings is 1. The van der Waals surface area contributed by atoms with E-state index >= 15 is 0 Å². The minimum Gasteiger partial charge on any atom is -0.494 e. The molecule has 0 saturated heterocycles. The molecule has 1 aromatic rings. The molecule has 1 aliphatic heterocycles. The quantitative estimate of drug-likeness (QED) is 0.549. The van der Waals surface area contributed by atoms with Crippen molar-refractivity contribution >= 4 is 17.4 Å². The Morgan fingerprint density at radius 2 is 1.52 bits per heavy atom. The van der Waals surface area contributed by atoms with Crippen LogP contribution in [-0.2, 0) is 19.1 Å².